The monoisotopic (exact) mass is 389 g/mol. The first-order valence-electron chi connectivity index (χ1n) is 9.19. The maximum absolute atomic E-state index is 13.3. The van der Waals surface area contributed by atoms with Gasteiger partial charge in [-0.2, -0.15) is 0 Å². The van der Waals surface area contributed by atoms with Gasteiger partial charge in [0, 0.05) is 12.4 Å². The van der Waals surface area contributed by atoms with Gasteiger partial charge in [-0.15, -0.1) is 0 Å². The number of imide groups is 1. The van der Waals surface area contributed by atoms with Crippen molar-refractivity contribution in [2.45, 2.75) is 12.1 Å². The zero-order valence-corrected chi connectivity index (χ0v) is 15.2. The smallest absolute Gasteiger partial charge is 0.266 e. The van der Waals surface area contributed by atoms with Crippen molar-refractivity contribution >= 4 is 23.2 Å². The average molecular weight is 389 g/mol. The lowest BCUT2D eigenvalue weighted by Gasteiger charge is -2.28. The molecule has 0 N–H and O–H groups in total. The van der Waals surface area contributed by atoms with Crippen molar-refractivity contribution in [2.24, 2.45) is 5.92 Å². The number of carbonyl (C=O) groups excluding carboxylic acids is 2. The molecule has 2 aliphatic heterocycles. The number of hydroxylamine groups is 1. The number of benzene rings is 2. The number of nitrogens with zero attached hydrogens (tertiary/aromatic N) is 3. The van der Waals surface area contributed by atoms with Gasteiger partial charge in [-0.25, -0.2) is 14.4 Å². The number of amides is 2. The van der Waals surface area contributed by atoms with Crippen LogP contribution in [0.1, 0.15) is 11.6 Å². The van der Waals surface area contributed by atoms with Gasteiger partial charge >= 0.3 is 0 Å². The number of anilines is 2. The maximum Gasteiger partial charge on any atom is 0.266 e. The molecule has 0 saturated carbocycles. The summed E-state index contributed by atoms with van der Waals surface area (Å²) in [5.41, 5.74) is 1.84. The summed E-state index contributed by atoms with van der Waals surface area (Å²) in [5, 5.41) is 1.62. The molecule has 29 heavy (non-hydrogen) atoms. The zero-order chi connectivity index (χ0) is 20.0. The van der Waals surface area contributed by atoms with E-state index in [2.05, 4.69) is 4.98 Å². The molecule has 2 aromatic carbocycles. The second kappa shape index (κ2) is 6.79. The lowest BCUT2D eigenvalue weighted by atomic mass is 9.91. The van der Waals surface area contributed by atoms with E-state index in [1.165, 1.54) is 24.3 Å². The van der Waals surface area contributed by atoms with Crippen LogP contribution in [0.4, 0.5) is 15.8 Å². The summed E-state index contributed by atoms with van der Waals surface area (Å²) in [6.07, 6.45) is 2.36. The zero-order valence-electron chi connectivity index (χ0n) is 15.2. The predicted octanol–water partition coefficient (Wildman–Crippen LogP) is 3.27. The molecule has 3 aromatic rings. The van der Waals surface area contributed by atoms with E-state index in [-0.39, 0.29) is 5.91 Å². The molecule has 144 valence electrons. The molecule has 2 saturated heterocycles. The molecule has 3 heterocycles. The fourth-order valence-electron chi connectivity index (χ4n) is 3.95. The van der Waals surface area contributed by atoms with Crippen molar-refractivity contribution < 1.29 is 18.8 Å². The first-order valence-corrected chi connectivity index (χ1v) is 9.19. The molecule has 7 heteroatoms. The first kappa shape index (κ1) is 17.5. The molecule has 2 amide bonds. The highest BCUT2D eigenvalue weighted by Crippen LogP contribution is 2.47. The standard InChI is InChI=1S/C22H16FN3O3/c23-15-8-10-16(11-9-15)25-21(27)18-19(14-5-4-12-24-13-14)26(29-20(18)22(25)28)17-6-2-1-3-7-17/h1-13,18-20H/t18-,19-,20-/m0/s1. The molecule has 2 fully saturated rings. The Morgan fingerprint density at radius 3 is 2.31 bits per heavy atom. The van der Waals surface area contributed by atoms with Crippen LogP contribution >= 0.6 is 0 Å². The minimum atomic E-state index is -0.960. The van der Waals surface area contributed by atoms with Crippen LogP contribution in [0.2, 0.25) is 0 Å². The minimum absolute atomic E-state index is 0.329. The molecule has 0 unspecified atom stereocenters. The number of hydrogen-bond donors (Lipinski definition) is 0. The second-order valence-corrected chi connectivity index (χ2v) is 6.93. The lowest BCUT2D eigenvalue weighted by Crippen LogP contribution is -2.37. The second-order valence-electron chi connectivity index (χ2n) is 6.93. The van der Waals surface area contributed by atoms with Gasteiger partial charge in [-0.05, 0) is 48.0 Å². The molecule has 0 aliphatic carbocycles. The Balaban J connectivity index is 1.58. The van der Waals surface area contributed by atoms with Gasteiger partial charge in [-0.3, -0.25) is 19.4 Å². The Hall–Kier alpha value is -3.58. The molecule has 0 spiro atoms. The van der Waals surface area contributed by atoms with E-state index in [0.717, 1.165) is 16.2 Å². The van der Waals surface area contributed by atoms with Gasteiger partial charge in [0.15, 0.2) is 6.10 Å². The van der Waals surface area contributed by atoms with E-state index in [9.17, 15) is 14.0 Å². The van der Waals surface area contributed by atoms with Crippen LogP contribution in [0.3, 0.4) is 0 Å². The normalized spacial score (nSPS) is 23.6. The molecule has 5 rings (SSSR count). The van der Waals surface area contributed by atoms with Crippen LogP contribution in [-0.4, -0.2) is 22.9 Å². The molecule has 3 atom stereocenters. The third-order valence-electron chi connectivity index (χ3n) is 5.24. The van der Waals surface area contributed by atoms with E-state index in [0.29, 0.717) is 5.69 Å². The molecule has 1 aromatic heterocycles. The van der Waals surface area contributed by atoms with Crippen molar-refractivity contribution in [3.8, 4) is 0 Å². The largest absolute Gasteiger partial charge is 0.273 e. The van der Waals surface area contributed by atoms with Gasteiger partial charge in [0.25, 0.3) is 5.91 Å². The Morgan fingerprint density at radius 2 is 1.62 bits per heavy atom. The SMILES string of the molecule is O=C1[C@@H]2[C@H](ON(c3ccccc3)[C@H]2c2cccnc2)C(=O)N1c1ccc(F)cc1. The topological polar surface area (TPSA) is 62.7 Å². The van der Waals surface area contributed by atoms with E-state index in [1.807, 2.05) is 36.4 Å². The number of fused-ring (bicyclic) bond motifs is 1. The molecular weight excluding hydrogens is 373 g/mol. The Kier molecular flexibility index (Phi) is 4.10. The number of aromatic nitrogens is 1. The van der Waals surface area contributed by atoms with Crippen molar-refractivity contribution in [3.05, 3.63) is 90.5 Å². The van der Waals surface area contributed by atoms with Gasteiger partial charge in [0.2, 0.25) is 5.91 Å². The summed E-state index contributed by atoms with van der Waals surface area (Å²) < 4.78 is 13.3. The molecule has 0 radical (unpaired) electrons. The molecule has 2 aliphatic rings. The number of hydrogen-bond acceptors (Lipinski definition) is 5. The molecular formula is C22H16FN3O3. The number of carbonyl (C=O) groups is 2. The summed E-state index contributed by atoms with van der Waals surface area (Å²) in [6, 6.07) is 17.7. The molecule has 6 nitrogen and oxygen atoms in total. The van der Waals surface area contributed by atoms with Crippen LogP contribution in [0, 0.1) is 11.7 Å². The summed E-state index contributed by atoms with van der Waals surface area (Å²) >= 11 is 0. The first-order chi connectivity index (χ1) is 14.1. The molecule has 0 bridgehead atoms. The van der Waals surface area contributed by atoms with Crippen LogP contribution in [0.5, 0.6) is 0 Å². The summed E-state index contributed by atoms with van der Waals surface area (Å²) in [7, 11) is 0. The number of rotatable bonds is 3. The van der Waals surface area contributed by atoms with Crippen LogP contribution < -0.4 is 9.96 Å². The third kappa shape index (κ3) is 2.78. The summed E-state index contributed by atoms with van der Waals surface area (Å²) in [5.74, 6) is -2.01. The highest BCUT2D eigenvalue weighted by Gasteiger charge is 2.60. The van der Waals surface area contributed by atoms with Crippen molar-refractivity contribution in [1.82, 2.24) is 4.98 Å². The van der Waals surface area contributed by atoms with E-state index < -0.39 is 29.8 Å². The fraction of sp³-hybridized carbons (Fsp3) is 0.136. The van der Waals surface area contributed by atoms with Crippen molar-refractivity contribution in [1.29, 1.82) is 0 Å². The highest BCUT2D eigenvalue weighted by molar-refractivity contribution is 6.23. The fourth-order valence-corrected chi connectivity index (χ4v) is 3.95. The quantitative estimate of drug-likeness (QED) is 0.644. The van der Waals surface area contributed by atoms with Crippen LogP contribution in [0.25, 0.3) is 0 Å². The lowest BCUT2D eigenvalue weighted by molar-refractivity contribution is -0.126. The highest BCUT2D eigenvalue weighted by atomic mass is 19.1. The van der Waals surface area contributed by atoms with E-state index >= 15 is 0 Å². The van der Waals surface area contributed by atoms with Crippen molar-refractivity contribution in [2.75, 3.05) is 9.96 Å². The summed E-state index contributed by atoms with van der Waals surface area (Å²) in [4.78, 5) is 37.7. The van der Waals surface area contributed by atoms with Crippen molar-refractivity contribution in [3.63, 3.8) is 0 Å². The number of para-hydroxylation sites is 1. The Morgan fingerprint density at radius 1 is 0.862 bits per heavy atom. The summed E-state index contributed by atoms with van der Waals surface area (Å²) in [6.45, 7) is 0. The van der Waals surface area contributed by atoms with Gasteiger partial charge in [0.1, 0.15) is 11.7 Å². The van der Waals surface area contributed by atoms with E-state index in [1.54, 1.807) is 23.5 Å². The minimum Gasteiger partial charge on any atom is -0.273 e. The Labute approximate surface area is 166 Å². The van der Waals surface area contributed by atoms with Gasteiger partial charge < -0.3 is 0 Å². The van der Waals surface area contributed by atoms with Crippen LogP contribution in [0.15, 0.2) is 79.1 Å². The maximum atomic E-state index is 13.3. The third-order valence-corrected chi connectivity index (χ3v) is 5.24. The average Bonchev–Trinajstić information content (AvgIpc) is 3.27. The Bertz CT molecular complexity index is 1060. The number of halogens is 1. The van der Waals surface area contributed by atoms with E-state index in [4.69, 9.17) is 4.84 Å². The van der Waals surface area contributed by atoms with Gasteiger partial charge in [0.05, 0.1) is 17.4 Å². The number of pyridine rings is 1. The van der Waals surface area contributed by atoms with Crippen LogP contribution in [-0.2, 0) is 14.4 Å². The van der Waals surface area contributed by atoms with Gasteiger partial charge in [-0.1, -0.05) is 24.3 Å². The predicted molar refractivity (Wildman–Crippen MR) is 103 cm³/mol.